The number of methoxy groups -OCH3 is 1. The van der Waals surface area contributed by atoms with Crippen LogP contribution in [0.1, 0.15) is 21.9 Å². The highest BCUT2D eigenvalue weighted by Crippen LogP contribution is 2.30. The van der Waals surface area contributed by atoms with Crippen molar-refractivity contribution >= 4 is 28.4 Å². The molecule has 132 valence electrons. The molecule has 0 saturated carbocycles. The fourth-order valence-corrected chi connectivity index (χ4v) is 4.32. The maximum absolute atomic E-state index is 12.9. The summed E-state index contributed by atoms with van der Waals surface area (Å²) >= 11 is 0. The van der Waals surface area contributed by atoms with Crippen molar-refractivity contribution in [2.75, 3.05) is 33.4 Å². The van der Waals surface area contributed by atoms with E-state index in [1.165, 1.54) is 25.3 Å². The molecule has 2 heterocycles. The zero-order valence-electron chi connectivity index (χ0n) is 13.2. The quantitative estimate of drug-likeness (QED) is 0.768. The molecule has 8 nitrogen and oxygen atoms in total. The van der Waals surface area contributed by atoms with E-state index < -0.39 is 16.0 Å². The van der Waals surface area contributed by atoms with Gasteiger partial charge in [0, 0.05) is 19.6 Å². The van der Waals surface area contributed by atoms with Crippen LogP contribution in [0, 0.1) is 13.8 Å². The predicted octanol–water partition coefficient (Wildman–Crippen LogP) is 0.453. The topological polar surface area (TPSA) is 112 Å². The fraction of sp³-hybridized carbons (Fsp3) is 0.615. The molecule has 2 rings (SSSR count). The summed E-state index contributed by atoms with van der Waals surface area (Å²) in [6.45, 7) is 3.85. The highest BCUT2D eigenvalue weighted by atomic mass is 35.5. The van der Waals surface area contributed by atoms with Crippen molar-refractivity contribution in [2.45, 2.75) is 24.8 Å². The van der Waals surface area contributed by atoms with Crippen LogP contribution in [0.15, 0.2) is 9.31 Å². The molecule has 1 aromatic rings. The van der Waals surface area contributed by atoms with Gasteiger partial charge >= 0.3 is 5.97 Å². The van der Waals surface area contributed by atoms with Gasteiger partial charge in [0.2, 0.25) is 10.0 Å². The molecule has 2 N–H and O–H groups in total. The summed E-state index contributed by atoms with van der Waals surface area (Å²) < 4.78 is 42.4. The molecule has 0 amide bonds. The van der Waals surface area contributed by atoms with Gasteiger partial charge < -0.3 is 19.6 Å². The molecule has 0 radical (unpaired) electrons. The molecule has 1 saturated heterocycles. The third-order valence-electron chi connectivity index (χ3n) is 3.56. The average Bonchev–Trinajstić information content (AvgIpc) is 2.81. The zero-order chi connectivity index (χ0) is 16.5. The van der Waals surface area contributed by atoms with Crippen LogP contribution in [0.4, 0.5) is 0 Å². The molecular formula is C13H21ClN2O6S. The molecule has 0 aromatic carbocycles. The number of carbonyl (C=O) groups excluding carboxylic acids is 1. The van der Waals surface area contributed by atoms with Crippen molar-refractivity contribution in [1.82, 2.24) is 4.31 Å². The van der Waals surface area contributed by atoms with Gasteiger partial charge in [-0.05, 0) is 13.8 Å². The summed E-state index contributed by atoms with van der Waals surface area (Å²) in [7, 11) is -2.70. The first-order chi connectivity index (χ1) is 10.3. The van der Waals surface area contributed by atoms with Gasteiger partial charge in [0.1, 0.15) is 22.0 Å². The van der Waals surface area contributed by atoms with Crippen molar-refractivity contribution in [2.24, 2.45) is 5.73 Å². The third kappa shape index (κ3) is 3.69. The maximum Gasteiger partial charge on any atom is 0.342 e. The van der Waals surface area contributed by atoms with Crippen molar-refractivity contribution in [3.8, 4) is 0 Å². The van der Waals surface area contributed by atoms with Crippen LogP contribution in [-0.2, 0) is 19.5 Å². The number of esters is 1. The minimum absolute atomic E-state index is 0. The maximum atomic E-state index is 12.9. The van der Waals surface area contributed by atoms with E-state index in [2.05, 4.69) is 4.74 Å². The van der Waals surface area contributed by atoms with Crippen LogP contribution in [0.2, 0.25) is 0 Å². The number of nitrogens with two attached hydrogens (primary N) is 1. The predicted molar refractivity (Wildman–Crippen MR) is 84.3 cm³/mol. The molecule has 1 atom stereocenters. The number of furan rings is 1. The minimum Gasteiger partial charge on any atom is -0.465 e. The summed E-state index contributed by atoms with van der Waals surface area (Å²) in [6, 6.07) is 0. The van der Waals surface area contributed by atoms with Crippen molar-refractivity contribution in [3.05, 3.63) is 17.1 Å². The Morgan fingerprint density at radius 3 is 2.61 bits per heavy atom. The lowest BCUT2D eigenvalue weighted by Crippen LogP contribution is -2.48. The first-order valence-electron chi connectivity index (χ1n) is 6.83. The Bertz CT molecular complexity index is 672. The van der Waals surface area contributed by atoms with Crippen LogP contribution >= 0.6 is 12.4 Å². The molecule has 0 aliphatic carbocycles. The average molecular weight is 369 g/mol. The summed E-state index contributed by atoms with van der Waals surface area (Å²) in [5.74, 6) is -0.364. The van der Waals surface area contributed by atoms with Gasteiger partial charge in [-0.25, -0.2) is 13.2 Å². The lowest BCUT2D eigenvalue weighted by Gasteiger charge is -2.31. The molecule has 10 heteroatoms. The molecule has 1 unspecified atom stereocenters. The van der Waals surface area contributed by atoms with Gasteiger partial charge in [-0.15, -0.1) is 12.4 Å². The Balaban J connectivity index is 0.00000264. The molecular weight excluding hydrogens is 348 g/mol. The Labute approximate surface area is 141 Å². The normalized spacial score (nSPS) is 19.2. The number of halogens is 1. The van der Waals surface area contributed by atoms with Crippen molar-refractivity contribution in [1.29, 1.82) is 0 Å². The van der Waals surface area contributed by atoms with E-state index in [0.29, 0.717) is 0 Å². The molecule has 1 aliphatic heterocycles. The first kappa shape index (κ1) is 19.9. The number of sulfonamides is 1. The van der Waals surface area contributed by atoms with E-state index in [0.717, 1.165) is 0 Å². The Hall–Kier alpha value is -1.13. The number of nitrogens with zero attached hydrogens (tertiary/aromatic N) is 1. The van der Waals surface area contributed by atoms with E-state index in [1.54, 1.807) is 0 Å². The van der Waals surface area contributed by atoms with Gasteiger partial charge in [0.15, 0.2) is 0 Å². The van der Waals surface area contributed by atoms with E-state index in [9.17, 15) is 13.2 Å². The number of rotatable bonds is 4. The number of ether oxygens (including phenoxy) is 2. The van der Waals surface area contributed by atoms with Gasteiger partial charge in [-0.2, -0.15) is 4.31 Å². The fourth-order valence-electron chi connectivity index (χ4n) is 2.49. The van der Waals surface area contributed by atoms with Gasteiger partial charge in [-0.3, -0.25) is 0 Å². The number of morpholine rings is 1. The summed E-state index contributed by atoms with van der Waals surface area (Å²) in [5.41, 5.74) is 5.48. The standard InChI is InChI=1S/C13H20N2O6S.ClH/c1-8-11(13(16)19-3)12(9(2)21-8)22(17,18)15-4-5-20-10(6-14)7-15;/h10H,4-7,14H2,1-3H3;1H. The monoisotopic (exact) mass is 368 g/mol. The van der Waals surface area contributed by atoms with Crippen molar-refractivity contribution in [3.63, 3.8) is 0 Å². The third-order valence-corrected chi connectivity index (χ3v) is 5.58. The molecule has 1 aromatic heterocycles. The number of hydrogen-bond donors (Lipinski definition) is 1. The van der Waals surface area contributed by atoms with E-state index >= 15 is 0 Å². The van der Waals surface area contributed by atoms with Crippen molar-refractivity contribution < 1.29 is 27.1 Å². The highest BCUT2D eigenvalue weighted by molar-refractivity contribution is 7.89. The minimum atomic E-state index is -3.90. The second kappa shape index (κ2) is 7.63. The van der Waals surface area contributed by atoms with Gasteiger partial charge in [-0.1, -0.05) is 0 Å². The molecule has 0 spiro atoms. The summed E-state index contributed by atoms with van der Waals surface area (Å²) in [5, 5.41) is 0. The Morgan fingerprint density at radius 1 is 1.39 bits per heavy atom. The van der Waals surface area contributed by atoms with Crippen LogP contribution < -0.4 is 5.73 Å². The summed E-state index contributed by atoms with van der Waals surface area (Å²) in [6.07, 6.45) is -0.363. The van der Waals surface area contributed by atoms with E-state index in [4.69, 9.17) is 14.9 Å². The Kier molecular flexibility index (Phi) is 6.60. The highest BCUT2D eigenvalue weighted by Gasteiger charge is 2.37. The lowest BCUT2D eigenvalue weighted by molar-refractivity contribution is 0.00446. The van der Waals surface area contributed by atoms with E-state index in [1.807, 2.05) is 0 Å². The summed E-state index contributed by atoms with van der Waals surface area (Å²) in [4.78, 5) is 11.8. The van der Waals surface area contributed by atoms with Gasteiger partial charge in [0.05, 0.1) is 19.8 Å². The smallest absolute Gasteiger partial charge is 0.342 e. The number of aryl methyl sites for hydroxylation is 2. The van der Waals surface area contributed by atoms with E-state index in [-0.39, 0.29) is 66.7 Å². The van der Waals surface area contributed by atoms with Crippen LogP contribution in [-0.4, -0.2) is 58.1 Å². The van der Waals surface area contributed by atoms with Crippen LogP contribution in [0.5, 0.6) is 0 Å². The molecule has 0 bridgehead atoms. The molecule has 1 fully saturated rings. The molecule has 1 aliphatic rings. The largest absolute Gasteiger partial charge is 0.465 e. The van der Waals surface area contributed by atoms with Gasteiger partial charge in [0.25, 0.3) is 0 Å². The lowest BCUT2D eigenvalue weighted by atomic mass is 10.2. The van der Waals surface area contributed by atoms with Crippen LogP contribution in [0.25, 0.3) is 0 Å². The Morgan fingerprint density at radius 2 is 2.04 bits per heavy atom. The second-order valence-electron chi connectivity index (χ2n) is 5.00. The first-order valence-corrected chi connectivity index (χ1v) is 8.27. The molecule has 23 heavy (non-hydrogen) atoms. The number of hydrogen-bond acceptors (Lipinski definition) is 7. The second-order valence-corrected chi connectivity index (χ2v) is 6.88. The number of carbonyl (C=O) groups is 1. The SMILES string of the molecule is COC(=O)c1c(C)oc(C)c1S(=O)(=O)N1CCOC(CN)C1.Cl. The zero-order valence-corrected chi connectivity index (χ0v) is 14.8. The van der Waals surface area contributed by atoms with Crippen LogP contribution in [0.3, 0.4) is 0 Å².